The van der Waals surface area contributed by atoms with Gasteiger partial charge in [-0.3, -0.25) is 14.5 Å². The maximum absolute atomic E-state index is 13.1. The van der Waals surface area contributed by atoms with Crippen LogP contribution in [0.5, 0.6) is 5.75 Å². The maximum Gasteiger partial charge on any atom is 0.418 e. The summed E-state index contributed by atoms with van der Waals surface area (Å²) in [5.74, 6) is -0.237. The fourth-order valence-electron chi connectivity index (χ4n) is 3.18. The van der Waals surface area contributed by atoms with E-state index in [4.69, 9.17) is 16.3 Å². The fourth-order valence-corrected chi connectivity index (χ4v) is 3.36. The highest BCUT2D eigenvalue weighted by atomic mass is 35.5. The van der Waals surface area contributed by atoms with Crippen molar-refractivity contribution in [1.29, 1.82) is 0 Å². The molecule has 1 heterocycles. The Morgan fingerprint density at radius 1 is 1.03 bits per heavy atom. The summed E-state index contributed by atoms with van der Waals surface area (Å²) in [6.07, 6.45) is -4.55. The second-order valence-electron chi connectivity index (χ2n) is 6.99. The highest BCUT2D eigenvalue weighted by Gasteiger charge is 2.33. The predicted molar refractivity (Wildman–Crippen MR) is 110 cm³/mol. The van der Waals surface area contributed by atoms with Crippen LogP contribution < -0.4 is 10.1 Å². The molecule has 166 valence electrons. The number of carbonyl (C=O) groups is 2. The molecule has 1 fully saturated rings. The first kappa shape index (κ1) is 22.9. The van der Waals surface area contributed by atoms with Gasteiger partial charge in [0, 0.05) is 31.2 Å². The summed E-state index contributed by atoms with van der Waals surface area (Å²) in [5.41, 5.74) is -1.16. The van der Waals surface area contributed by atoms with Crippen LogP contribution in [-0.2, 0) is 15.8 Å². The van der Waals surface area contributed by atoms with Crippen molar-refractivity contribution in [1.82, 2.24) is 9.80 Å². The number of piperazine rings is 1. The van der Waals surface area contributed by atoms with Gasteiger partial charge < -0.3 is 15.0 Å². The molecule has 0 spiro atoms. The first-order valence-electron chi connectivity index (χ1n) is 9.57. The highest BCUT2D eigenvalue weighted by molar-refractivity contribution is 6.30. The van der Waals surface area contributed by atoms with E-state index in [0.29, 0.717) is 37.0 Å². The van der Waals surface area contributed by atoms with Crippen LogP contribution in [0, 0.1) is 0 Å². The van der Waals surface area contributed by atoms with Crippen molar-refractivity contribution in [3.63, 3.8) is 0 Å². The van der Waals surface area contributed by atoms with Gasteiger partial charge in [0.2, 0.25) is 5.91 Å². The number of alkyl halides is 3. The van der Waals surface area contributed by atoms with Crippen LogP contribution in [0.25, 0.3) is 0 Å². The largest absolute Gasteiger partial charge is 0.484 e. The second kappa shape index (κ2) is 10.0. The minimum Gasteiger partial charge on any atom is -0.484 e. The van der Waals surface area contributed by atoms with E-state index in [1.54, 1.807) is 34.1 Å². The molecule has 1 aliphatic heterocycles. The summed E-state index contributed by atoms with van der Waals surface area (Å²) >= 11 is 5.88. The Bertz CT molecular complexity index is 931. The Labute approximate surface area is 182 Å². The number of hydrogen-bond donors (Lipinski definition) is 1. The molecule has 1 aliphatic rings. The number of hydrogen-bond acceptors (Lipinski definition) is 4. The normalized spacial score (nSPS) is 14.9. The summed E-state index contributed by atoms with van der Waals surface area (Å²) in [5, 5.41) is 2.84. The molecule has 6 nitrogen and oxygen atoms in total. The SMILES string of the molecule is O=C(CN1CCN(C(=O)COc2cccc(Cl)c2)CC1)Nc1ccccc1C(F)(F)F. The highest BCUT2D eigenvalue weighted by Crippen LogP contribution is 2.34. The standard InChI is InChI=1S/C21H21ClF3N3O3/c22-15-4-3-5-16(12-15)31-14-20(30)28-10-8-27(9-11-28)13-19(29)26-18-7-2-1-6-17(18)21(23,24)25/h1-7,12H,8-11,13-14H2,(H,26,29). The van der Waals surface area contributed by atoms with Gasteiger partial charge in [-0.2, -0.15) is 13.2 Å². The summed E-state index contributed by atoms with van der Waals surface area (Å²) < 4.78 is 44.6. The van der Waals surface area contributed by atoms with E-state index in [0.717, 1.165) is 6.07 Å². The first-order chi connectivity index (χ1) is 14.7. The molecule has 0 aliphatic carbocycles. The zero-order valence-electron chi connectivity index (χ0n) is 16.5. The van der Waals surface area contributed by atoms with Crippen molar-refractivity contribution >= 4 is 29.1 Å². The lowest BCUT2D eigenvalue weighted by Crippen LogP contribution is -2.51. The van der Waals surface area contributed by atoms with Crippen molar-refractivity contribution in [2.45, 2.75) is 6.18 Å². The fraction of sp³-hybridized carbons (Fsp3) is 0.333. The van der Waals surface area contributed by atoms with Crippen LogP contribution in [0.15, 0.2) is 48.5 Å². The zero-order chi connectivity index (χ0) is 22.4. The van der Waals surface area contributed by atoms with Crippen LogP contribution in [0.2, 0.25) is 5.02 Å². The van der Waals surface area contributed by atoms with Crippen molar-refractivity contribution in [3.8, 4) is 5.75 Å². The van der Waals surface area contributed by atoms with E-state index in [-0.39, 0.29) is 24.7 Å². The lowest BCUT2D eigenvalue weighted by Gasteiger charge is -2.34. The summed E-state index contributed by atoms with van der Waals surface area (Å²) in [6.45, 7) is 1.45. The number of anilines is 1. The van der Waals surface area contributed by atoms with E-state index in [2.05, 4.69) is 5.32 Å². The van der Waals surface area contributed by atoms with Gasteiger partial charge in [-0.05, 0) is 30.3 Å². The van der Waals surface area contributed by atoms with Crippen LogP contribution >= 0.6 is 11.6 Å². The Balaban J connectivity index is 1.45. The van der Waals surface area contributed by atoms with Crippen LogP contribution in [0.4, 0.5) is 18.9 Å². The predicted octanol–water partition coefficient (Wildman–Crippen LogP) is 3.52. The molecule has 1 N–H and O–H groups in total. The van der Waals surface area contributed by atoms with Crippen molar-refractivity contribution < 1.29 is 27.5 Å². The minimum atomic E-state index is -4.55. The van der Waals surface area contributed by atoms with Crippen LogP contribution in [0.1, 0.15) is 5.56 Å². The lowest BCUT2D eigenvalue weighted by atomic mass is 10.1. The molecule has 3 rings (SSSR count). The average molecular weight is 456 g/mol. The molecule has 1 saturated heterocycles. The number of para-hydroxylation sites is 1. The van der Waals surface area contributed by atoms with Crippen molar-refractivity contribution in [2.24, 2.45) is 0 Å². The van der Waals surface area contributed by atoms with Gasteiger partial charge in [-0.15, -0.1) is 0 Å². The molecule has 31 heavy (non-hydrogen) atoms. The van der Waals surface area contributed by atoms with E-state index in [1.165, 1.54) is 18.2 Å². The average Bonchev–Trinajstić information content (AvgIpc) is 2.72. The molecule has 2 aromatic rings. The molecule has 2 amide bonds. The van der Waals surface area contributed by atoms with E-state index in [9.17, 15) is 22.8 Å². The van der Waals surface area contributed by atoms with E-state index < -0.39 is 17.6 Å². The summed E-state index contributed by atoms with van der Waals surface area (Å²) in [7, 11) is 0. The first-order valence-corrected chi connectivity index (χ1v) is 9.95. The summed E-state index contributed by atoms with van der Waals surface area (Å²) in [4.78, 5) is 28.0. The van der Waals surface area contributed by atoms with Gasteiger partial charge in [-0.25, -0.2) is 0 Å². The zero-order valence-corrected chi connectivity index (χ0v) is 17.2. The quantitative estimate of drug-likeness (QED) is 0.724. The van der Waals surface area contributed by atoms with E-state index in [1.807, 2.05) is 0 Å². The Hall–Kier alpha value is -2.78. The molecule has 0 unspecified atom stereocenters. The number of nitrogens with one attached hydrogen (secondary N) is 1. The smallest absolute Gasteiger partial charge is 0.418 e. The molecule has 0 bridgehead atoms. The Morgan fingerprint density at radius 3 is 2.42 bits per heavy atom. The molecular weight excluding hydrogens is 435 g/mol. The number of carbonyl (C=O) groups excluding carboxylic acids is 2. The topological polar surface area (TPSA) is 61.9 Å². The number of benzene rings is 2. The maximum atomic E-state index is 13.1. The van der Waals surface area contributed by atoms with Gasteiger partial charge >= 0.3 is 6.18 Å². The minimum absolute atomic E-state index is 0.0623. The molecule has 0 atom stereocenters. The number of ether oxygens (including phenoxy) is 1. The Morgan fingerprint density at radius 2 is 1.74 bits per heavy atom. The second-order valence-corrected chi connectivity index (χ2v) is 7.43. The van der Waals surface area contributed by atoms with Gasteiger partial charge in [-0.1, -0.05) is 29.8 Å². The Kier molecular flexibility index (Phi) is 7.40. The number of nitrogens with zero attached hydrogens (tertiary/aromatic N) is 2. The van der Waals surface area contributed by atoms with Gasteiger partial charge in [0.15, 0.2) is 6.61 Å². The van der Waals surface area contributed by atoms with E-state index >= 15 is 0 Å². The van der Waals surface area contributed by atoms with Gasteiger partial charge in [0.25, 0.3) is 5.91 Å². The third kappa shape index (κ3) is 6.60. The molecule has 0 radical (unpaired) electrons. The van der Waals surface area contributed by atoms with Gasteiger partial charge in [0.1, 0.15) is 5.75 Å². The van der Waals surface area contributed by atoms with Crippen molar-refractivity contribution in [3.05, 3.63) is 59.1 Å². The molecule has 0 aromatic heterocycles. The molecule has 0 saturated carbocycles. The summed E-state index contributed by atoms with van der Waals surface area (Å²) in [6, 6.07) is 11.6. The van der Waals surface area contributed by atoms with Crippen LogP contribution in [0.3, 0.4) is 0 Å². The molecular formula is C21H21ClF3N3O3. The third-order valence-electron chi connectivity index (χ3n) is 4.76. The monoisotopic (exact) mass is 455 g/mol. The molecule has 10 heteroatoms. The van der Waals surface area contributed by atoms with Gasteiger partial charge in [0.05, 0.1) is 17.8 Å². The number of amides is 2. The third-order valence-corrected chi connectivity index (χ3v) is 4.99. The number of halogens is 4. The number of rotatable bonds is 6. The lowest BCUT2D eigenvalue weighted by molar-refractivity contribution is -0.137. The molecule has 2 aromatic carbocycles. The van der Waals surface area contributed by atoms with Crippen molar-refractivity contribution in [2.75, 3.05) is 44.6 Å². The van der Waals surface area contributed by atoms with Crippen LogP contribution in [-0.4, -0.2) is 60.9 Å².